The minimum atomic E-state index is -1.90. The summed E-state index contributed by atoms with van der Waals surface area (Å²) >= 11 is 16.1. The molecule has 0 heterocycles. The molecule has 8 heteroatoms. The molecule has 0 nitrogen and oxygen atoms in total. The van der Waals surface area contributed by atoms with Crippen molar-refractivity contribution in [3.8, 4) is 11.1 Å². The maximum atomic E-state index is 13.6. The van der Waals surface area contributed by atoms with Gasteiger partial charge in [0.25, 0.3) is 0 Å². The van der Waals surface area contributed by atoms with Gasteiger partial charge < -0.3 is 0 Å². The van der Waals surface area contributed by atoms with Crippen LogP contribution in [0.3, 0.4) is 0 Å². The number of benzene rings is 2. The number of hydrogen-bond donors (Lipinski definition) is 0. The van der Waals surface area contributed by atoms with Crippen LogP contribution in [-0.4, -0.2) is 0 Å². The van der Waals surface area contributed by atoms with E-state index >= 15 is 0 Å². The SMILES string of the molecule is Fc1[c]c(-c2cc(Cl)c(F)c(F)c2F)c(Cl)c(F)c1Cl. The van der Waals surface area contributed by atoms with Gasteiger partial charge in [-0.15, -0.1) is 0 Å². The molecule has 2 rings (SSSR count). The number of halogens is 8. The topological polar surface area (TPSA) is 0 Å². The van der Waals surface area contributed by atoms with Gasteiger partial charge in [0.15, 0.2) is 29.1 Å². The highest BCUT2D eigenvalue weighted by atomic mass is 35.5. The Labute approximate surface area is 124 Å². The van der Waals surface area contributed by atoms with Crippen LogP contribution < -0.4 is 0 Å². The van der Waals surface area contributed by atoms with Gasteiger partial charge in [-0.1, -0.05) is 34.8 Å². The molecule has 0 amide bonds. The molecule has 0 N–H and O–H groups in total. The number of rotatable bonds is 1. The summed E-state index contributed by atoms with van der Waals surface area (Å²) in [6, 6.07) is 2.50. The van der Waals surface area contributed by atoms with Gasteiger partial charge in [0.1, 0.15) is 5.02 Å². The lowest BCUT2D eigenvalue weighted by Crippen LogP contribution is -1.98. The van der Waals surface area contributed by atoms with Crippen molar-refractivity contribution >= 4 is 34.8 Å². The highest BCUT2D eigenvalue weighted by molar-refractivity contribution is 6.37. The third-order valence-electron chi connectivity index (χ3n) is 2.40. The van der Waals surface area contributed by atoms with E-state index in [0.717, 1.165) is 0 Å². The third kappa shape index (κ3) is 2.34. The highest BCUT2D eigenvalue weighted by Crippen LogP contribution is 2.38. The van der Waals surface area contributed by atoms with Gasteiger partial charge in [-0.3, -0.25) is 0 Å². The van der Waals surface area contributed by atoms with Crippen LogP contribution in [0.15, 0.2) is 6.07 Å². The van der Waals surface area contributed by atoms with Crippen molar-refractivity contribution < 1.29 is 22.0 Å². The van der Waals surface area contributed by atoms with E-state index in [4.69, 9.17) is 34.8 Å². The molecule has 20 heavy (non-hydrogen) atoms. The molecule has 0 saturated heterocycles. The summed E-state index contributed by atoms with van der Waals surface area (Å²) < 4.78 is 66.7. The van der Waals surface area contributed by atoms with E-state index in [1.54, 1.807) is 0 Å². The lowest BCUT2D eigenvalue weighted by molar-refractivity contribution is 0.449. The molecule has 0 fully saturated rings. The van der Waals surface area contributed by atoms with E-state index in [-0.39, 0.29) is 0 Å². The van der Waals surface area contributed by atoms with E-state index in [0.29, 0.717) is 6.07 Å². The van der Waals surface area contributed by atoms with Gasteiger partial charge in [0.05, 0.1) is 10.0 Å². The van der Waals surface area contributed by atoms with Crippen LogP contribution in [0.4, 0.5) is 22.0 Å². The van der Waals surface area contributed by atoms with E-state index in [9.17, 15) is 22.0 Å². The van der Waals surface area contributed by atoms with Crippen molar-refractivity contribution in [2.24, 2.45) is 0 Å². The summed E-state index contributed by atoms with van der Waals surface area (Å²) in [4.78, 5) is 0. The van der Waals surface area contributed by atoms with Crippen molar-refractivity contribution in [1.29, 1.82) is 0 Å². The second-order valence-electron chi connectivity index (χ2n) is 3.60. The zero-order valence-electron chi connectivity index (χ0n) is 9.10. The first-order valence-electron chi connectivity index (χ1n) is 4.84. The van der Waals surface area contributed by atoms with Crippen molar-refractivity contribution in [3.05, 3.63) is 56.3 Å². The molecular weight excluding hydrogens is 345 g/mol. The maximum Gasteiger partial charge on any atom is 0.196 e. The molecule has 0 unspecified atom stereocenters. The average Bonchev–Trinajstić information content (AvgIpc) is 2.42. The van der Waals surface area contributed by atoms with Gasteiger partial charge in [0.2, 0.25) is 0 Å². The van der Waals surface area contributed by atoms with Gasteiger partial charge in [-0.25, -0.2) is 22.0 Å². The van der Waals surface area contributed by atoms with Crippen LogP contribution in [0.1, 0.15) is 0 Å². The lowest BCUT2D eigenvalue weighted by atomic mass is 10.0. The minimum Gasteiger partial charge on any atom is -0.205 e. The largest absolute Gasteiger partial charge is 0.205 e. The Balaban J connectivity index is 2.83. The Hall–Kier alpha value is -1.04. The monoisotopic (exact) mass is 345 g/mol. The molecular formula is C12HCl3F5. The molecule has 0 aromatic heterocycles. The Morgan fingerprint density at radius 2 is 1.35 bits per heavy atom. The average molecular weight is 346 g/mol. The molecule has 0 aliphatic heterocycles. The zero-order valence-corrected chi connectivity index (χ0v) is 11.4. The Morgan fingerprint density at radius 1 is 0.750 bits per heavy atom. The second kappa shape index (κ2) is 5.39. The van der Waals surface area contributed by atoms with Crippen LogP contribution in [0.2, 0.25) is 15.1 Å². The van der Waals surface area contributed by atoms with Crippen molar-refractivity contribution in [3.63, 3.8) is 0 Å². The summed E-state index contributed by atoms with van der Waals surface area (Å²) in [5, 5.41) is -2.52. The van der Waals surface area contributed by atoms with Crippen molar-refractivity contribution in [2.45, 2.75) is 0 Å². The molecule has 0 atom stereocenters. The molecule has 2 aromatic rings. The van der Waals surface area contributed by atoms with Gasteiger partial charge >= 0.3 is 0 Å². The molecule has 0 saturated carbocycles. The number of hydrogen-bond acceptors (Lipinski definition) is 0. The van der Waals surface area contributed by atoms with Crippen molar-refractivity contribution in [2.75, 3.05) is 0 Å². The smallest absolute Gasteiger partial charge is 0.196 e. The maximum absolute atomic E-state index is 13.6. The van der Waals surface area contributed by atoms with Crippen LogP contribution in [0.5, 0.6) is 0 Å². The van der Waals surface area contributed by atoms with Gasteiger partial charge in [-0.05, 0) is 6.07 Å². The van der Waals surface area contributed by atoms with Crippen LogP contribution in [-0.2, 0) is 0 Å². The Kier molecular flexibility index (Phi) is 4.14. The van der Waals surface area contributed by atoms with E-state index in [1.165, 1.54) is 0 Å². The first kappa shape index (κ1) is 15.4. The fourth-order valence-electron chi connectivity index (χ4n) is 1.46. The predicted octanol–water partition coefficient (Wildman–Crippen LogP) is 5.81. The van der Waals surface area contributed by atoms with E-state index < -0.39 is 55.3 Å². The molecule has 2 aromatic carbocycles. The molecule has 0 aliphatic carbocycles. The minimum absolute atomic E-state index is 0.639. The van der Waals surface area contributed by atoms with E-state index in [2.05, 4.69) is 0 Å². The first-order chi connectivity index (χ1) is 9.25. The fourth-order valence-corrected chi connectivity index (χ4v) is 2.09. The van der Waals surface area contributed by atoms with Gasteiger partial charge in [-0.2, -0.15) is 0 Å². The standard InChI is InChI=1S/C12HCl3F5/c13-5-1-4(9(17)12(20)10(5)18)3-2-6(16)8(15)11(19)7(3)14/h1H. The summed E-state index contributed by atoms with van der Waals surface area (Å²) in [6.45, 7) is 0. The van der Waals surface area contributed by atoms with Crippen LogP contribution in [0, 0.1) is 35.2 Å². The summed E-state index contributed by atoms with van der Waals surface area (Å²) in [6.07, 6.45) is 0. The first-order valence-corrected chi connectivity index (χ1v) is 5.97. The molecule has 1 radical (unpaired) electrons. The molecule has 0 spiro atoms. The van der Waals surface area contributed by atoms with Gasteiger partial charge in [0, 0.05) is 17.2 Å². The molecule has 0 bridgehead atoms. The molecule has 0 aliphatic rings. The van der Waals surface area contributed by atoms with E-state index in [1.807, 2.05) is 6.07 Å². The highest BCUT2D eigenvalue weighted by Gasteiger charge is 2.24. The second-order valence-corrected chi connectivity index (χ2v) is 4.77. The van der Waals surface area contributed by atoms with Crippen LogP contribution in [0.25, 0.3) is 11.1 Å². The lowest BCUT2D eigenvalue weighted by Gasteiger charge is -2.10. The van der Waals surface area contributed by atoms with Crippen molar-refractivity contribution in [1.82, 2.24) is 0 Å². The Bertz CT molecular complexity index is 654. The summed E-state index contributed by atoms with van der Waals surface area (Å²) in [7, 11) is 0. The summed E-state index contributed by atoms with van der Waals surface area (Å²) in [5.74, 6) is -7.96. The summed E-state index contributed by atoms with van der Waals surface area (Å²) in [5.41, 5.74) is -1.40. The molecule has 105 valence electrons. The van der Waals surface area contributed by atoms with Crippen LogP contribution >= 0.6 is 34.8 Å². The third-order valence-corrected chi connectivity index (χ3v) is 3.37. The zero-order chi connectivity index (χ0) is 15.2. The quantitative estimate of drug-likeness (QED) is 0.347. The normalized spacial score (nSPS) is 11.0. The Morgan fingerprint density at radius 3 is 1.95 bits per heavy atom. The fraction of sp³-hybridized carbons (Fsp3) is 0. The predicted molar refractivity (Wildman–Crippen MR) is 65.5 cm³/mol.